The Morgan fingerprint density at radius 1 is 1.07 bits per heavy atom. The number of pyridine rings is 1. The summed E-state index contributed by atoms with van der Waals surface area (Å²) in [6.07, 6.45) is 2.45. The van der Waals surface area contributed by atoms with E-state index in [9.17, 15) is 0 Å². The fourth-order valence-corrected chi connectivity index (χ4v) is 4.01. The minimum absolute atomic E-state index is 0.240. The SMILES string of the molecule is CCn1c(CNCc2ccc(N3C[C@@H](C)O[C@H](C)C3)nc2)nc2ccccc21. The summed E-state index contributed by atoms with van der Waals surface area (Å²) in [5.41, 5.74) is 3.43. The van der Waals surface area contributed by atoms with Gasteiger partial charge in [0, 0.05) is 32.4 Å². The molecule has 0 bridgehead atoms. The zero-order valence-corrected chi connectivity index (χ0v) is 16.9. The van der Waals surface area contributed by atoms with Crippen LogP contribution >= 0.6 is 0 Å². The highest BCUT2D eigenvalue weighted by atomic mass is 16.5. The number of fused-ring (bicyclic) bond motifs is 1. The van der Waals surface area contributed by atoms with Gasteiger partial charge in [-0.05, 0) is 44.5 Å². The van der Waals surface area contributed by atoms with Crippen molar-refractivity contribution in [3.63, 3.8) is 0 Å². The highest BCUT2D eigenvalue weighted by Gasteiger charge is 2.22. The summed E-state index contributed by atoms with van der Waals surface area (Å²) in [4.78, 5) is 11.8. The van der Waals surface area contributed by atoms with Crippen molar-refractivity contribution < 1.29 is 4.74 Å². The van der Waals surface area contributed by atoms with E-state index in [-0.39, 0.29) is 12.2 Å². The molecule has 148 valence electrons. The second kappa shape index (κ2) is 8.29. The van der Waals surface area contributed by atoms with E-state index in [1.807, 2.05) is 12.3 Å². The highest BCUT2D eigenvalue weighted by molar-refractivity contribution is 5.75. The number of anilines is 1. The summed E-state index contributed by atoms with van der Waals surface area (Å²) >= 11 is 0. The first-order chi connectivity index (χ1) is 13.6. The van der Waals surface area contributed by atoms with Gasteiger partial charge in [0.15, 0.2) is 0 Å². The Hall–Kier alpha value is -2.44. The average Bonchev–Trinajstić information content (AvgIpc) is 3.05. The molecule has 0 amide bonds. The number of nitrogens with one attached hydrogen (secondary N) is 1. The van der Waals surface area contributed by atoms with Crippen LogP contribution < -0.4 is 10.2 Å². The quantitative estimate of drug-likeness (QED) is 0.712. The number of hydrogen-bond donors (Lipinski definition) is 1. The van der Waals surface area contributed by atoms with Crippen LogP contribution in [0.15, 0.2) is 42.6 Å². The van der Waals surface area contributed by atoms with Crippen LogP contribution in [0.4, 0.5) is 5.82 Å². The molecule has 1 fully saturated rings. The van der Waals surface area contributed by atoms with E-state index in [1.54, 1.807) is 0 Å². The summed E-state index contributed by atoms with van der Waals surface area (Å²) in [6, 6.07) is 12.6. The van der Waals surface area contributed by atoms with E-state index < -0.39 is 0 Å². The molecular weight excluding hydrogens is 350 g/mol. The molecule has 28 heavy (non-hydrogen) atoms. The van der Waals surface area contributed by atoms with Crippen molar-refractivity contribution in [2.24, 2.45) is 0 Å². The molecule has 6 nitrogen and oxygen atoms in total. The first kappa shape index (κ1) is 18.9. The zero-order chi connectivity index (χ0) is 19.5. The van der Waals surface area contributed by atoms with Gasteiger partial charge < -0.3 is 19.5 Å². The Morgan fingerprint density at radius 2 is 1.86 bits per heavy atom. The minimum Gasteiger partial charge on any atom is -0.372 e. The molecule has 1 N–H and O–H groups in total. The maximum absolute atomic E-state index is 5.81. The van der Waals surface area contributed by atoms with Crippen LogP contribution in [0.2, 0.25) is 0 Å². The molecule has 2 atom stereocenters. The van der Waals surface area contributed by atoms with E-state index in [4.69, 9.17) is 9.72 Å². The van der Waals surface area contributed by atoms with Gasteiger partial charge in [0.05, 0.1) is 29.8 Å². The Morgan fingerprint density at radius 3 is 2.57 bits per heavy atom. The normalized spacial score (nSPS) is 20.0. The Kier molecular flexibility index (Phi) is 5.59. The molecule has 3 aromatic rings. The lowest BCUT2D eigenvalue weighted by atomic mass is 10.2. The summed E-state index contributed by atoms with van der Waals surface area (Å²) < 4.78 is 8.08. The van der Waals surface area contributed by atoms with Crippen molar-refractivity contribution in [3.8, 4) is 0 Å². The minimum atomic E-state index is 0.240. The summed E-state index contributed by atoms with van der Waals surface area (Å²) in [5.74, 6) is 2.10. The molecule has 1 aliphatic rings. The Bertz CT molecular complexity index is 910. The van der Waals surface area contributed by atoms with Crippen LogP contribution in [-0.4, -0.2) is 39.8 Å². The molecule has 1 saturated heterocycles. The van der Waals surface area contributed by atoms with Gasteiger partial charge in [-0.2, -0.15) is 0 Å². The van der Waals surface area contributed by atoms with Crippen molar-refractivity contribution in [3.05, 3.63) is 54.0 Å². The van der Waals surface area contributed by atoms with Crippen LogP contribution in [-0.2, 0) is 24.4 Å². The van der Waals surface area contributed by atoms with E-state index in [1.165, 1.54) is 11.1 Å². The van der Waals surface area contributed by atoms with Gasteiger partial charge in [0.1, 0.15) is 11.6 Å². The summed E-state index contributed by atoms with van der Waals surface area (Å²) in [6.45, 7) is 10.6. The van der Waals surface area contributed by atoms with Crippen molar-refractivity contribution in [1.82, 2.24) is 19.9 Å². The van der Waals surface area contributed by atoms with Crippen LogP contribution in [0.25, 0.3) is 11.0 Å². The number of benzene rings is 1. The first-order valence-electron chi connectivity index (χ1n) is 10.1. The smallest absolute Gasteiger partial charge is 0.128 e. The Balaban J connectivity index is 1.37. The van der Waals surface area contributed by atoms with Crippen molar-refractivity contribution in [2.75, 3.05) is 18.0 Å². The topological polar surface area (TPSA) is 55.2 Å². The Labute approximate surface area is 166 Å². The number of imidazole rings is 1. The molecule has 6 heteroatoms. The van der Waals surface area contributed by atoms with E-state index in [0.29, 0.717) is 0 Å². The summed E-state index contributed by atoms with van der Waals surface area (Å²) in [5, 5.41) is 3.51. The maximum Gasteiger partial charge on any atom is 0.128 e. The lowest BCUT2D eigenvalue weighted by molar-refractivity contribution is -0.00545. The van der Waals surface area contributed by atoms with Crippen molar-refractivity contribution in [2.45, 2.75) is 52.6 Å². The van der Waals surface area contributed by atoms with Gasteiger partial charge in [-0.15, -0.1) is 0 Å². The summed E-state index contributed by atoms with van der Waals surface area (Å²) in [7, 11) is 0. The molecular formula is C22H29N5O. The maximum atomic E-state index is 5.81. The number of aryl methyl sites for hydroxylation is 1. The molecule has 1 aromatic carbocycles. The molecule has 0 spiro atoms. The van der Waals surface area contributed by atoms with Gasteiger partial charge >= 0.3 is 0 Å². The van der Waals surface area contributed by atoms with Gasteiger partial charge in [-0.3, -0.25) is 0 Å². The molecule has 2 aromatic heterocycles. The molecule has 1 aliphatic heterocycles. The number of rotatable bonds is 6. The third-order valence-electron chi connectivity index (χ3n) is 5.21. The molecule has 0 aliphatic carbocycles. The number of morpholine rings is 1. The fraction of sp³-hybridized carbons (Fsp3) is 0.455. The number of para-hydroxylation sites is 2. The molecule has 0 saturated carbocycles. The zero-order valence-electron chi connectivity index (χ0n) is 16.9. The number of ether oxygens (including phenoxy) is 1. The standard InChI is InChI=1S/C22H29N5O/c1-4-27-20-8-6-5-7-19(20)25-22(27)13-23-11-18-9-10-21(24-12-18)26-14-16(2)28-17(3)15-26/h5-10,12,16-17,23H,4,11,13-15H2,1-3H3/t16-,17-/m1/s1. The van der Waals surface area contributed by atoms with Gasteiger partial charge in [0.25, 0.3) is 0 Å². The van der Waals surface area contributed by atoms with Gasteiger partial charge in [-0.25, -0.2) is 9.97 Å². The van der Waals surface area contributed by atoms with E-state index in [2.05, 4.69) is 70.9 Å². The largest absolute Gasteiger partial charge is 0.372 e. The van der Waals surface area contributed by atoms with Crippen LogP contribution in [0.5, 0.6) is 0 Å². The first-order valence-corrected chi connectivity index (χ1v) is 10.1. The van der Waals surface area contributed by atoms with Gasteiger partial charge in [0.2, 0.25) is 0 Å². The molecule has 3 heterocycles. The highest BCUT2D eigenvalue weighted by Crippen LogP contribution is 2.19. The lowest BCUT2D eigenvalue weighted by Gasteiger charge is -2.36. The fourth-order valence-electron chi connectivity index (χ4n) is 4.01. The second-order valence-corrected chi connectivity index (χ2v) is 7.55. The lowest BCUT2D eigenvalue weighted by Crippen LogP contribution is -2.45. The second-order valence-electron chi connectivity index (χ2n) is 7.55. The van der Waals surface area contributed by atoms with E-state index in [0.717, 1.165) is 49.9 Å². The average molecular weight is 380 g/mol. The number of nitrogens with zero attached hydrogens (tertiary/aromatic N) is 4. The van der Waals surface area contributed by atoms with Gasteiger partial charge in [-0.1, -0.05) is 18.2 Å². The van der Waals surface area contributed by atoms with E-state index >= 15 is 0 Å². The monoisotopic (exact) mass is 379 g/mol. The third kappa shape index (κ3) is 4.03. The predicted octanol–water partition coefficient (Wildman–Crippen LogP) is 3.35. The van der Waals surface area contributed by atoms with Crippen molar-refractivity contribution >= 4 is 16.9 Å². The third-order valence-corrected chi connectivity index (χ3v) is 5.21. The van der Waals surface area contributed by atoms with Crippen molar-refractivity contribution in [1.29, 1.82) is 0 Å². The van der Waals surface area contributed by atoms with Crippen LogP contribution in [0.3, 0.4) is 0 Å². The van der Waals surface area contributed by atoms with Crippen LogP contribution in [0, 0.1) is 0 Å². The number of hydrogen-bond acceptors (Lipinski definition) is 5. The van der Waals surface area contributed by atoms with Crippen LogP contribution in [0.1, 0.15) is 32.2 Å². The predicted molar refractivity (Wildman–Crippen MR) is 112 cm³/mol. The number of aromatic nitrogens is 3. The molecule has 0 radical (unpaired) electrons. The molecule has 4 rings (SSSR count). The molecule has 0 unspecified atom stereocenters.